The number of methoxy groups -OCH3 is 1. The summed E-state index contributed by atoms with van der Waals surface area (Å²) in [6, 6.07) is 12.4. The zero-order valence-corrected chi connectivity index (χ0v) is 18.1. The first kappa shape index (κ1) is 21.1. The minimum absolute atomic E-state index is 0.0000340. The van der Waals surface area contributed by atoms with Crippen LogP contribution < -0.4 is 9.64 Å². The first-order valence-corrected chi connectivity index (χ1v) is 10.3. The maximum absolute atomic E-state index is 10.9. The fraction of sp³-hybridized carbons (Fsp3) is 0.333. The normalized spacial score (nSPS) is 14.6. The predicted molar refractivity (Wildman–Crippen MR) is 118 cm³/mol. The first-order valence-electron chi connectivity index (χ1n) is 9.93. The van der Waals surface area contributed by atoms with Gasteiger partial charge in [0.2, 0.25) is 0 Å². The molecule has 2 heterocycles. The molecule has 1 aliphatic rings. The van der Waals surface area contributed by atoms with E-state index in [-0.39, 0.29) is 5.69 Å². The Balaban J connectivity index is 1.47. The van der Waals surface area contributed by atoms with Crippen LogP contribution in [0.4, 0.5) is 11.4 Å². The van der Waals surface area contributed by atoms with Gasteiger partial charge in [0.25, 0.3) is 5.69 Å². The van der Waals surface area contributed by atoms with Gasteiger partial charge < -0.3 is 9.64 Å². The van der Waals surface area contributed by atoms with E-state index in [1.165, 1.54) is 12.1 Å². The fourth-order valence-corrected chi connectivity index (χ4v) is 4.08. The molecule has 4 rings (SSSR count). The van der Waals surface area contributed by atoms with Crippen molar-refractivity contribution in [1.29, 1.82) is 0 Å². The lowest BCUT2D eigenvalue weighted by molar-refractivity contribution is -0.384. The Labute approximate surface area is 184 Å². The van der Waals surface area contributed by atoms with E-state index < -0.39 is 4.92 Å². The van der Waals surface area contributed by atoms with Gasteiger partial charge in [0.15, 0.2) is 0 Å². The van der Waals surface area contributed by atoms with Gasteiger partial charge in [-0.1, -0.05) is 28.9 Å². The molecule has 31 heavy (non-hydrogen) atoms. The molecule has 1 aliphatic heterocycles. The molecule has 1 saturated heterocycles. The van der Waals surface area contributed by atoms with Crippen molar-refractivity contribution in [2.45, 2.75) is 13.5 Å². The maximum atomic E-state index is 10.9. The number of non-ortho nitro benzene ring substituents is 1. The van der Waals surface area contributed by atoms with E-state index in [1.807, 2.05) is 35.9 Å². The van der Waals surface area contributed by atoms with E-state index in [1.54, 1.807) is 13.2 Å². The SMILES string of the molecule is COc1ccccc1-n1nnc(C)c1CN1CCN(c2ccc([N+](=O)[O-])cc2Cl)CC1. The van der Waals surface area contributed by atoms with Gasteiger partial charge in [0.1, 0.15) is 11.4 Å². The molecule has 1 aromatic heterocycles. The molecule has 0 bridgehead atoms. The van der Waals surface area contributed by atoms with Crippen LogP contribution in [0.15, 0.2) is 42.5 Å². The lowest BCUT2D eigenvalue weighted by Gasteiger charge is -2.36. The number of anilines is 1. The summed E-state index contributed by atoms with van der Waals surface area (Å²) in [5.74, 6) is 0.742. The zero-order valence-electron chi connectivity index (χ0n) is 17.4. The van der Waals surface area contributed by atoms with Gasteiger partial charge >= 0.3 is 0 Å². The number of hydrogen-bond acceptors (Lipinski definition) is 7. The Bertz CT molecular complexity index is 1090. The predicted octanol–water partition coefficient (Wildman–Crippen LogP) is 3.47. The van der Waals surface area contributed by atoms with Gasteiger partial charge in [0.05, 0.1) is 34.1 Å². The molecule has 3 aromatic rings. The molecule has 0 atom stereocenters. The molecule has 0 saturated carbocycles. The monoisotopic (exact) mass is 442 g/mol. The molecular formula is C21H23ClN6O3. The number of para-hydroxylation sites is 2. The summed E-state index contributed by atoms with van der Waals surface area (Å²) in [4.78, 5) is 15.0. The molecule has 0 radical (unpaired) electrons. The summed E-state index contributed by atoms with van der Waals surface area (Å²) in [5.41, 5.74) is 3.58. The van der Waals surface area contributed by atoms with Crippen molar-refractivity contribution in [3.63, 3.8) is 0 Å². The highest BCUT2D eigenvalue weighted by atomic mass is 35.5. The van der Waals surface area contributed by atoms with Crippen LogP contribution in [0.5, 0.6) is 5.75 Å². The number of piperazine rings is 1. The summed E-state index contributed by atoms with van der Waals surface area (Å²) in [7, 11) is 1.64. The third-order valence-corrected chi connectivity index (χ3v) is 5.80. The van der Waals surface area contributed by atoms with Crippen LogP contribution in [0.3, 0.4) is 0 Å². The second kappa shape index (κ2) is 8.91. The van der Waals surface area contributed by atoms with Crippen LogP contribution in [0.25, 0.3) is 5.69 Å². The molecule has 0 amide bonds. The Morgan fingerprint density at radius 2 is 1.87 bits per heavy atom. The second-order valence-electron chi connectivity index (χ2n) is 7.36. The summed E-state index contributed by atoms with van der Waals surface area (Å²) in [5, 5.41) is 20.0. The number of halogens is 1. The topological polar surface area (TPSA) is 89.6 Å². The van der Waals surface area contributed by atoms with E-state index in [0.29, 0.717) is 11.6 Å². The van der Waals surface area contributed by atoms with Crippen molar-refractivity contribution in [3.8, 4) is 11.4 Å². The van der Waals surface area contributed by atoms with Crippen molar-refractivity contribution < 1.29 is 9.66 Å². The highest BCUT2D eigenvalue weighted by Gasteiger charge is 2.23. The lowest BCUT2D eigenvalue weighted by Crippen LogP contribution is -2.46. The minimum atomic E-state index is -0.436. The summed E-state index contributed by atoms with van der Waals surface area (Å²) < 4.78 is 7.33. The molecule has 0 N–H and O–H groups in total. The molecule has 0 spiro atoms. The average molecular weight is 443 g/mol. The van der Waals surface area contributed by atoms with Gasteiger partial charge in [-0.3, -0.25) is 15.0 Å². The van der Waals surface area contributed by atoms with Crippen molar-refractivity contribution in [3.05, 3.63) is 69.0 Å². The molecule has 1 fully saturated rings. The quantitative estimate of drug-likeness (QED) is 0.426. The smallest absolute Gasteiger partial charge is 0.271 e. The van der Waals surface area contributed by atoms with Gasteiger partial charge in [-0.05, 0) is 25.1 Å². The Morgan fingerprint density at radius 3 is 2.55 bits per heavy atom. The van der Waals surface area contributed by atoms with Gasteiger partial charge in [-0.15, -0.1) is 5.10 Å². The molecule has 2 aromatic carbocycles. The molecule has 162 valence electrons. The zero-order chi connectivity index (χ0) is 22.0. The number of ether oxygens (including phenoxy) is 1. The van der Waals surface area contributed by atoms with E-state index in [9.17, 15) is 10.1 Å². The Hall–Kier alpha value is -3.17. The highest BCUT2D eigenvalue weighted by molar-refractivity contribution is 6.33. The number of nitrogens with zero attached hydrogens (tertiary/aromatic N) is 6. The summed E-state index contributed by atoms with van der Waals surface area (Å²) >= 11 is 6.30. The van der Waals surface area contributed by atoms with Gasteiger partial charge in [-0.2, -0.15) is 0 Å². The second-order valence-corrected chi connectivity index (χ2v) is 7.77. The fourth-order valence-electron chi connectivity index (χ4n) is 3.78. The van der Waals surface area contributed by atoms with Crippen molar-refractivity contribution in [2.75, 3.05) is 38.2 Å². The first-order chi connectivity index (χ1) is 15.0. The number of nitro groups is 1. The van der Waals surface area contributed by atoms with E-state index in [2.05, 4.69) is 20.1 Å². The third-order valence-electron chi connectivity index (χ3n) is 5.50. The summed E-state index contributed by atoms with van der Waals surface area (Å²) in [6.45, 7) is 5.85. The maximum Gasteiger partial charge on any atom is 0.271 e. The molecule has 0 unspecified atom stereocenters. The van der Waals surface area contributed by atoms with Crippen LogP contribution in [-0.2, 0) is 6.54 Å². The average Bonchev–Trinajstić information content (AvgIpc) is 3.14. The van der Waals surface area contributed by atoms with Crippen molar-refractivity contribution in [1.82, 2.24) is 19.9 Å². The molecule has 10 heteroatoms. The van der Waals surface area contributed by atoms with E-state index in [0.717, 1.165) is 54.7 Å². The van der Waals surface area contributed by atoms with Crippen LogP contribution in [0, 0.1) is 17.0 Å². The largest absolute Gasteiger partial charge is 0.494 e. The number of aromatic nitrogens is 3. The van der Waals surface area contributed by atoms with Crippen molar-refractivity contribution >= 4 is 23.0 Å². The van der Waals surface area contributed by atoms with E-state index in [4.69, 9.17) is 16.3 Å². The summed E-state index contributed by atoms with van der Waals surface area (Å²) in [6.07, 6.45) is 0. The van der Waals surface area contributed by atoms with Crippen LogP contribution in [-0.4, -0.2) is 58.1 Å². The molecular weight excluding hydrogens is 420 g/mol. The van der Waals surface area contributed by atoms with Gasteiger partial charge in [-0.25, -0.2) is 4.68 Å². The van der Waals surface area contributed by atoms with Crippen LogP contribution in [0.2, 0.25) is 5.02 Å². The van der Waals surface area contributed by atoms with Crippen LogP contribution in [0.1, 0.15) is 11.4 Å². The Morgan fingerprint density at radius 1 is 1.13 bits per heavy atom. The standard InChI is InChI=1S/C21H23ClN6O3/c1-15-20(27(24-23-15)19-5-3-4-6-21(19)31-2)14-25-9-11-26(12-10-25)18-8-7-16(28(29)30)13-17(18)22/h3-8,13H,9-12,14H2,1-2H3. The van der Waals surface area contributed by atoms with Gasteiger partial charge in [0, 0.05) is 44.9 Å². The number of aryl methyl sites for hydroxylation is 1. The third kappa shape index (κ3) is 4.33. The lowest BCUT2D eigenvalue weighted by atomic mass is 10.2. The minimum Gasteiger partial charge on any atom is -0.494 e. The Kier molecular flexibility index (Phi) is 6.06. The van der Waals surface area contributed by atoms with E-state index >= 15 is 0 Å². The number of nitro benzene ring substituents is 1. The van der Waals surface area contributed by atoms with Crippen LogP contribution >= 0.6 is 11.6 Å². The number of rotatable bonds is 6. The number of hydrogen-bond donors (Lipinski definition) is 0. The van der Waals surface area contributed by atoms with Crippen molar-refractivity contribution in [2.24, 2.45) is 0 Å². The molecule has 0 aliphatic carbocycles. The highest BCUT2D eigenvalue weighted by Crippen LogP contribution is 2.31. The molecule has 9 nitrogen and oxygen atoms in total. The number of benzene rings is 2.